The van der Waals surface area contributed by atoms with Crippen molar-refractivity contribution in [2.45, 2.75) is 48.0 Å². The first kappa shape index (κ1) is 43.3. The van der Waals surface area contributed by atoms with E-state index in [9.17, 15) is 72.5 Å². The molecule has 2 atom stereocenters. The summed E-state index contributed by atoms with van der Waals surface area (Å²) in [6.45, 7) is 0.678. The van der Waals surface area contributed by atoms with E-state index in [0.29, 0.717) is 25.0 Å². The summed E-state index contributed by atoms with van der Waals surface area (Å²) in [6.07, 6.45) is -18.7. The van der Waals surface area contributed by atoms with Crippen LogP contribution in [0.3, 0.4) is 0 Å². The summed E-state index contributed by atoms with van der Waals surface area (Å²) >= 11 is 2.09. The van der Waals surface area contributed by atoms with Crippen molar-refractivity contribution >= 4 is 84.6 Å². The Bertz CT molecular complexity index is 1350. The average Bonchev–Trinajstić information content (AvgIpc) is 3.63. The maximum atomic E-state index is 13.1. The van der Waals surface area contributed by atoms with Crippen LogP contribution >= 0.6 is 23.5 Å². The van der Waals surface area contributed by atoms with Gasteiger partial charge in [0.15, 0.2) is 0 Å². The molecule has 0 aliphatic carbocycles. The first-order chi connectivity index (χ1) is 22.0. The number of rotatable bonds is 8. The van der Waals surface area contributed by atoms with Gasteiger partial charge in [0.1, 0.15) is 0 Å². The molecule has 2 aromatic rings. The molecule has 2 unspecified atom stereocenters. The monoisotopic (exact) mass is 784 g/mol. The number of halogens is 12. The number of carbonyl (C=O) groups excluding carboxylic acids is 2. The van der Waals surface area contributed by atoms with Crippen LogP contribution in [0, 0.1) is 0 Å². The van der Waals surface area contributed by atoms with Gasteiger partial charge in [0, 0.05) is 59.6 Å². The molecule has 6 nitrogen and oxygen atoms in total. The first-order valence-electron chi connectivity index (χ1n) is 13.7. The number of carboxylic acids is 2. The smallest absolute Gasteiger partial charge is 0.549 e. The molecular weight excluding hydrogens is 761 g/mol. The van der Waals surface area contributed by atoms with Crippen LogP contribution in [-0.4, -0.2) is 97.9 Å². The molecule has 2 fully saturated rings. The Balaban J connectivity index is 0.000000333. The van der Waals surface area contributed by atoms with Crippen molar-refractivity contribution in [2.24, 2.45) is 0 Å². The van der Waals surface area contributed by atoms with Crippen LogP contribution in [0.15, 0.2) is 36.4 Å². The van der Waals surface area contributed by atoms with Gasteiger partial charge in [0.25, 0.3) is 0 Å². The third-order valence-electron chi connectivity index (χ3n) is 7.10. The Morgan fingerprint density at radius 2 is 0.939 bits per heavy atom. The first-order valence-corrected chi connectivity index (χ1v) is 15.8. The standard InChI is InChI=1S/2C14H13F6NO2S.Ca/c2*15-13(16,17)8-1-2-11(10(5-8)14(18,19)20)21-4-3-9(6-21)24-7-12(22)23;/h2*1-2,5,9H,3-4,6-7H2,(H,22,23);/q;;+2/p-2. The molecule has 2 aromatic carbocycles. The van der Waals surface area contributed by atoms with Crippen molar-refractivity contribution in [3.05, 3.63) is 58.7 Å². The number of benzene rings is 2. The summed E-state index contributed by atoms with van der Waals surface area (Å²) in [4.78, 5) is 23.5. The van der Waals surface area contributed by atoms with Crippen molar-refractivity contribution in [3.63, 3.8) is 0 Å². The van der Waals surface area contributed by atoms with Crippen LogP contribution in [0.4, 0.5) is 64.1 Å². The SMILES string of the molecule is O=C([O-])CSC1CCN(c2ccc(C(F)(F)F)cc2C(F)(F)F)C1.O=C([O-])CSC1CCN(c2ccc(C(F)(F)F)cc2C(F)(F)F)C1.[Ca+2]. The van der Waals surface area contributed by atoms with Crippen LogP contribution in [-0.2, 0) is 34.3 Å². The Morgan fingerprint density at radius 3 is 1.20 bits per heavy atom. The molecule has 2 aliphatic rings. The second-order valence-electron chi connectivity index (χ2n) is 10.5. The molecular formula is C28H24CaF12N2O4S2. The van der Waals surface area contributed by atoms with Crippen LogP contribution in [0.2, 0.25) is 0 Å². The van der Waals surface area contributed by atoms with Crippen molar-refractivity contribution in [3.8, 4) is 0 Å². The van der Waals surface area contributed by atoms with Crippen LogP contribution in [0.1, 0.15) is 35.1 Å². The minimum Gasteiger partial charge on any atom is -0.549 e. The summed E-state index contributed by atoms with van der Waals surface area (Å²) in [5.74, 6) is -3.11. The summed E-state index contributed by atoms with van der Waals surface area (Å²) < 4.78 is 155. The number of nitrogens with zero attached hydrogens (tertiary/aromatic N) is 2. The van der Waals surface area contributed by atoms with E-state index < -0.39 is 58.9 Å². The topological polar surface area (TPSA) is 86.7 Å². The van der Waals surface area contributed by atoms with E-state index >= 15 is 0 Å². The largest absolute Gasteiger partial charge is 2.00 e. The van der Waals surface area contributed by atoms with Gasteiger partial charge >= 0.3 is 62.4 Å². The van der Waals surface area contributed by atoms with Crippen molar-refractivity contribution in [2.75, 3.05) is 47.5 Å². The number of anilines is 2. The van der Waals surface area contributed by atoms with Gasteiger partial charge in [-0.3, -0.25) is 0 Å². The van der Waals surface area contributed by atoms with Gasteiger partial charge in [0.2, 0.25) is 0 Å². The Labute approximate surface area is 309 Å². The third kappa shape index (κ3) is 12.7. The van der Waals surface area contributed by atoms with Gasteiger partial charge in [0.05, 0.1) is 34.2 Å². The molecule has 0 bridgehead atoms. The quantitative estimate of drug-likeness (QED) is 0.267. The van der Waals surface area contributed by atoms with Gasteiger partial charge in [-0.15, -0.1) is 0 Å². The number of hydrogen-bond donors (Lipinski definition) is 0. The molecule has 0 amide bonds. The van der Waals surface area contributed by atoms with Crippen molar-refractivity contribution < 1.29 is 72.5 Å². The van der Waals surface area contributed by atoms with Crippen LogP contribution in [0.25, 0.3) is 0 Å². The molecule has 49 heavy (non-hydrogen) atoms. The predicted molar refractivity (Wildman–Crippen MR) is 155 cm³/mol. The zero-order valence-electron chi connectivity index (χ0n) is 24.9. The summed E-state index contributed by atoms with van der Waals surface area (Å²) in [6, 6.07) is 3.08. The van der Waals surface area contributed by atoms with Gasteiger partial charge in [-0.25, -0.2) is 0 Å². The van der Waals surface area contributed by atoms with E-state index in [1.165, 1.54) is 9.80 Å². The summed E-state index contributed by atoms with van der Waals surface area (Å²) in [5, 5.41) is 20.4. The maximum Gasteiger partial charge on any atom is 2.00 e. The fraction of sp³-hybridized carbons (Fsp3) is 0.500. The third-order valence-corrected chi connectivity index (χ3v) is 9.62. The Morgan fingerprint density at radius 1 is 0.612 bits per heavy atom. The van der Waals surface area contributed by atoms with E-state index in [-0.39, 0.29) is 109 Å². The average molecular weight is 785 g/mol. The van der Waals surface area contributed by atoms with E-state index in [0.717, 1.165) is 35.7 Å². The molecule has 21 heteroatoms. The normalized spacial score (nSPS) is 18.5. The van der Waals surface area contributed by atoms with Crippen molar-refractivity contribution in [1.29, 1.82) is 0 Å². The number of carboxylic acid groups (broad SMARTS) is 2. The van der Waals surface area contributed by atoms with E-state index in [2.05, 4.69) is 0 Å². The molecule has 0 N–H and O–H groups in total. The fourth-order valence-corrected chi connectivity index (χ4v) is 6.83. The zero-order chi connectivity index (χ0) is 36.2. The molecule has 2 aliphatic heterocycles. The maximum absolute atomic E-state index is 13.1. The summed E-state index contributed by atoms with van der Waals surface area (Å²) in [5.41, 5.74) is -6.06. The van der Waals surface area contributed by atoms with Gasteiger partial charge in [-0.2, -0.15) is 76.2 Å². The number of hydrogen-bond acceptors (Lipinski definition) is 8. The molecule has 4 rings (SSSR count). The number of carbonyl (C=O) groups is 2. The Kier molecular flexibility index (Phi) is 15.1. The van der Waals surface area contributed by atoms with Crippen molar-refractivity contribution in [1.82, 2.24) is 0 Å². The van der Waals surface area contributed by atoms with Gasteiger partial charge in [-0.05, 0) is 49.2 Å². The number of thioether (sulfide) groups is 2. The predicted octanol–water partition coefficient (Wildman–Crippen LogP) is 5.19. The van der Waals surface area contributed by atoms with E-state index in [4.69, 9.17) is 0 Å². The van der Waals surface area contributed by atoms with Gasteiger partial charge < -0.3 is 29.6 Å². The van der Waals surface area contributed by atoms with E-state index in [1.807, 2.05) is 0 Å². The second kappa shape index (κ2) is 17.1. The zero-order valence-corrected chi connectivity index (χ0v) is 28.7. The fourth-order valence-electron chi connectivity index (χ4n) is 4.97. The van der Waals surface area contributed by atoms with Crippen LogP contribution in [0.5, 0.6) is 0 Å². The van der Waals surface area contributed by atoms with Gasteiger partial charge in [-0.1, -0.05) is 0 Å². The van der Waals surface area contributed by atoms with Crippen LogP contribution < -0.4 is 20.0 Å². The minimum atomic E-state index is -4.92. The Hall–Kier alpha value is -1.90. The molecule has 0 radical (unpaired) electrons. The summed E-state index contributed by atoms with van der Waals surface area (Å²) in [7, 11) is 0. The molecule has 2 saturated heterocycles. The minimum absolute atomic E-state index is 0. The molecule has 0 spiro atoms. The van der Waals surface area contributed by atoms with E-state index in [1.54, 1.807) is 0 Å². The number of aliphatic carboxylic acids is 2. The molecule has 0 aromatic heterocycles. The molecule has 268 valence electrons. The molecule has 2 heterocycles. The second-order valence-corrected chi connectivity index (χ2v) is 13.1. The number of alkyl halides is 12. The molecule has 0 saturated carbocycles.